The highest BCUT2D eigenvalue weighted by Crippen LogP contribution is 2.34. The van der Waals surface area contributed by atoms with Crippen molar-refractivity contribution in [3.05, 3.63) is 47.9 Å². The molecule has 194 valence electrons. The topological polar surface area (TPSA) is 154 Å². The normalized spacial score (nSPS) is 15.4. The van der Waals surface area contributed by atoms with E-state index in [-0.39, 0.29) is 27.9 Å². The Hall–Kier alpha value is -3.47. The van der Waals surface area contributed by atoms with Gasteiger partial charge in [0.25, 0.3) is 0 Å². The molecule has 1 aromatic carbocycles. The third-order valence-electron chi connectivity index (χ3n) is 6.70. The van der Waals surface area contributed by atoms with Gasteiger partial charge in [0.1, 0.15) is 22.5 Å². The standard InChI is InChI=1S/C24H27N7O4S2/c1-16-5-3-4-6-19(16)37(34,35)24-21-22(18-8-12-26-23(18)29-24)31(20(28-21)15-27-36(2,32)33)30-13-9-17(7-11-25)10-14-30/h3-6,8,12,17,27H,7,9-10,13-15H2,1-2H3,(H,26,29). The first kappa shape index (κ1) is 25.2. The molecule has 0 radical (unpaired) electrons. The molecule has 1 fully saturated rings. The minimum atomic E-state index is -4.06. The van der Waals surface area contributed by atoms with Crippen LogP contribution in [0.15, 0.2) is 46.5 Å². The largest absolute Gasteiger partial charge is 0.346 e. The molecular weight excluding hydrogens is 514 g/mol. The first-order valence-corrected chi connectivity index (χ1v) is 15.2. The van der Waals surface area contributed by atoms with Gasteiger partial charge < -0.3 is 9.99 Å². The number of hydrogen-bond acceptors (Lipinski definition) is 8. The third kappa shape index (κ3) is 4.68. The number of piperidine rings is 1. The Kier molecular flexibility index (Phi) is 6.43. The van der Waals surface area contributed by atoms with Crippen LogP contribution in [0, 0.1) is 24.2 Å². The Balaban J connectivity index is 1.75. The van der Waals surface area contributed by atoms with Crippen LogP contribution in [0.2, 0.25) is 0 Å². The fraction of sp³-hybridized carbons (Fsp3) is 0.375. The van der Waals surface area contributed by atoms with Crippen molar-refractivity contribution in [3.63, 3.8) is 0 Å². The molecule has 5 rings (SSSR count). The number of aromatic amines is 1. The molecule has 4 heterocycles. The highest BCUT2D eigenvalue weighted by Gasteiger charge is 2.31. The van der Waals surface area contributed by atoms with Gasteiger partial charge in [-0.3, -0.25) is 0 Å². The van der Waals surface area contributed by atoms with Gasteiger partial charge >= 0.3 is 0 Å². The summed E-state index contributed by atoms with van der Waals surface area (Å²) < 4.78 is 56.0. The number of hydrogen-bond donors (Lipinski definition) is 2. The first-order valence-electron chi connectivity index (χ1n) is 11.9. The molecule has 0 aliphatic carbocycles. The van der Waals surface area contributed by atoms with Gasteiger partial charge in [0.05, 0.1) is 23.8 Å². The Labute approximate surface area is 215 Å². The van der Waals surface area contributed by atoms with Gasteiger partial charge in [0, 0.05) is 31.1 Å². The predicted molar refractivity (Wildman–Crippen MR) is 139 cm³/mol. The first-order chi connectivity index (χ1) is 17.6. The Morgan fingerprint density at radius 2 is 1.86 bits per heavy atom. The predicted octanol–water partition coefficient (Wildman–Crippen LogP) is 2.36. The van der Waals surface area contributed by atoms with Gasteiger partial charge in [-0.25, -0.2) is 36.2 Å². The number of aryl methyl sites for hydroxylation is 1. The van der Waals surface area contributed by atoms with E-state index in [9.17, 15) is 16.8 Å². The number of H-pyrrole nitrogens is 1. The lowest BCUT2D eigenvalue weighted by Gasteiger charge is -2.34. The number of pyridine rings is 1. The zero-order valence-electron chi connectivity index (χ0n) is 20.5. The van der Waals surface area contributed by atoms with Crippen molar-refractivity contribution in [2.24, 2.45) is 5.92 Å². The van der Waals surface area contributed by atoms with E-state index in [4.69, 9.17) is 5.26 Å². The highest BCUT2D eigenvalue weighted by atomic mass is 32.2. The minimum absolute atomic E-state index is 0.124. The van der Waals surface area contributed by atoms with Gasteiger partial charge in [0.15, 0.2) is 5.03 Å². The van der Waals surface area contributed by atoms with E-state index in [1.807, 2.05) is 15.8 Å². The summed E-state index contributed by atoms with van der Waals surface area (Å²) in [7, 11) is -7.60. The molecule has 1 aliphatic heterocycles. The van der Waals surface area contributed by atoms with Crippen molar-refractivity contribution in [2.75, 3.05) is 24.4 Å². The van der Waals surface area contributed by atoms with Crippen molar-refractivity contribution in [3.8, 4) is 6.07 Å². The highest BCUT2D eigenvalue weighted by molar-refractivity contribution is 7.91. The quantitative estimate of drug-likeness (QED) is 0.361. The number of nitrogens with one attached hydrogen (secondary N) is 2. The van der Waals surface area contributed by atoms with Gasteiger partial charge in [0.2, 0.25) is 19.9 Å². The van der Waals surface area contributed by atoms with E-state index in [2.05, 4.69) is 25.7 Å². The summed E-state index contributed by atoms with van der Waals surface area (Å²) >= 11 is 0. The maximum absolute atomic E-state index is 13.9. The van der Waals surface area contributed by atoms with Crippen LogP contribution in [0.1, 0.15) is 30.7 Å². The fourth-order valence-corrected chi connectivity index (χ4v) is 6.82. The van der Waals surface area contributed by atoms with Crippen LogP contribution in [0.5, 0.6) is 0 Å². The molecule has 0 amide bonds. The van der Waals surface area contributed by atoms with E-state index in [0.717, 1.165) is 19.1 Å². The maximum Gasteiger partial charge on any atom is 0.226 e. The van der Waals surface area contributed by atoms with Crippen LogP contribution in [0.25, 0.3) is 22.1 Å². The molecule has 11 nitrogen and oxygen atoms in total. The molecule has 1 aliphatic rings. The number of aromatic nitrogens is 4. The number of imidazole rings is 1. The number of sulfonamides is 1. The van der Waals surface area contributed by atoms with E-state index in [0.29, 0.717) is 47.4 Å². The molecule has 0 unspecified atom stereocenters. The van der Waals surface area contributed by atoms with E-state index < -0.39 is 19.9 Å². The molecular formula is C24H27N7O4S2. The monoisotopic (exact) mass is 541 g/mol. The smallest absolute Gasteiger partial charge is 0.226 e. The zero-order valence-corrected chi connectivity index (χ0v) is 22.1. The van der Waals surface area contributed by atoms with Crippen LogP contribution < -0.4 is 9.73 Å². The van der Waals surface area contributed by atoms with Gasteiger partial charge in [-0.1, -0.05) is 18.2 Å². The number of benzene rings is 1. The fourth-order valence-electron chi connectivity index (χ4n) is 4.86. The zero-order chi connectivity index (χ0) is 26.4. The maximum atomic E-state index is 13.9. The van der Waals surface area contributed by atoms with Crippen LogP contribution >= 0.6 is 0 Å². The molecule has 13 heteroatoms. The second-order valence-corrected chi connectivity index (χ2v) is 13.0. The van der Waals surface area contributed by atoms with Crippen molar-refractivity contribution in [1.82, 2.24) is 24.4 Å². The SMILES string of the molecule is Cc1ccccc1S(=O)(=O)c1nc2[nH]ccc2c2c1nc(CNS(C)(=O)=O)n2N1CCC(CC#N)CC1. The summed E-state index contributed by atoms with van der Waals surface area (Å²) in [4.78, 5) is 12.3. The van der Waals surface area contributed by atoms with E-state index in [1.54, 1.807) is 37.4 Å². The molecule has 3 aromatic heterocycles. The number of fused-ring (bicyclic) bond motifs is 3. The van der Waals surface area contributed by atoms with Gasteiger partial charge in [-0.15, -0.1) is 0 Å². The average molecular weight is 542 g/mol. The van der Waals surface area contributed by atoms with Crippen molar-refractivity contribution in [2.45, 2.75) is 42.7 Å². The number of nitrogens with zero attached hydrogens (tertiary/aromatic N) is 5. The molecule has 0 spiro atoms. The molecule has 0 atom stereocenters. The number of sulfone groups is 1. The summed E-state index contributed by atoms with van der Waals surface area (Å²) in [6.07, 6.45) is 4.79. The molecule has 37 heavy (non-hydrogen) atoms. The van der Waals surface area contributed by atoms with E-state index in [1.165, 1.54) is 0 Å². The summed E-state index contributed by atoms with van der Waals surface area (Å²) in [5, 5.41) is 11.6. The lowest BCUT2D eigenvalue weighted by molar-refractivity contribution is 0.367. The second-order valence-electron chi connectivity index (χ2n) is 9.32. The van der Waals surface area contributed by atoms with Crippen LogP contribution in [0.3, 0.4) is 0 Å². The third-order valence-corrected chi connectivity index (χ3v) is 9.20. The Morgan fingerprint density at radius 1 is 1.14 bits per heavy atom. The van der Waals surface area contributed by atoms with E-state index >= 15 is 0 Å². The average Bonchev–Trinajstić information content (AvgIpc) is 3.47. The Morgan fingerprint density at radius 3 is 2.54 bits per heavy atom. The summed E-state index contributed by atoms with van der Waals surface area (Å²) in [5.74, 6) is 0.635. The van der Waals surface area contributed by atoms with Gasteiger partial charge in [-0.05, 0) is 43.4 Å². The number of nitriles is 1. The van der Waals surface area contributed by atoms with Crippen LogP contribution in [-0.4, -0.2) is 55.8 Å². The lowest BCUT2D eigenvalue weighted by Crippen LogP contribution is -2.43. The molecule has 4 aromatic rings. The van der Waals surface area contributed by atoms with Crippen LogP contribution in [0.4, 0.5) is 0 Å². The molecule has 2 N–H and O–H groups in total. The van der Waals surface area contributed by atoms with Crippen LogP contribution in [-0.2, 0) is 26.4 Å². The molecule has 0 bridgehead atoms. The summed E-state index contributed by atoms with van der Waals surface area (Å²) in [6, 6.07) is 10.7. The van der Waals surface area contributed by atoms with Crippen molar-refractivity contribution in [1.29, 1.82) is 5.26 Å². The second kappa shape index (κ2) is 9.44. The van der Waals surface area contributed by atoms with Crippen molar-refractivity contribution >= 4 is 41.9 Å². The molecule has 1 saturated heterocycles. The lowest BCUT2D eigenvalue weighted by atomic mass is 9.95. The minimum Gasteiger partial charge on any atom is -0.346 e. The Bertz CT molecular complexity index is 1740. The van der Waals surface area contributed by atoms with Crippen molar-refractivity contribution < 1.29 is 16.8 Å². The summed E-state index contributed by atoms with van der Waals surface area (Å²) in [6.45, 7) is 2.82. The molecule has 0 saturated carbocycles. The summed E-state index contributed by atoms with van der Waals surface area (Å²) in [5.41, 5.74) is 1.70. The van der Waals surface area contributed by atoms with Gasteiger partial charge in [-0.2, -0.15) is 5.26 Å². The number of rotatable bonds is 7.